The molecule has 1 rings (SSSR count). The monoisotopic (exact) mass is 294 g/mol. The minimum atomic E-state index is 0.571. The summed E-state index contributed by atoms with van der Waals surface area (Å²) in [7, 11) is 0. The Morgan fingerprint density at radius 1 is 1.08 bits per heavy atom. The minimum absolute atomic E-state index is 0.571. The molecule has 12 heavy (non-hydrogen) atoms. The summed E-state index contributed by atoms with van der Waals surface area (Å²) in [5.41, 5.74) is 0. The third-order valence-electron chi connectivity index (χ3n) is 1.60. The zero-order valence-electron chi connectivity index (χ0n) is 7.70. The second-order valence-electron chi connectivity index (χ2n) is 3.02. The zero-order valence-corrected chi connectivity index (χ0v) is 11.1. The van der Waals surface area contributed by atoms with Crippen LogP contribution >= 0.6 is 0 Å². The molecule has 0 aliphatic rings. The van der Waals surface area contributed by atoms with Crippen molar-refractivity contribution in [3.05, 3.63) is 30.3 Å². The standard InChI is InChI=1S/C10H14Se2/c1-10(2,11-3)12-9-7-5-4-6-8-9/h4-8H,1-3H3. The van der Waals surface area contributed by atoms with Gasteiger partial charge in [-0.25, -0.2) is 0 Å². The quantitative estimate of drug-likeness (QED) is 0.747. The fraction of sp³-hybridized carbons (Fsp3) is 0.400. The van der Waals surface area contributed by atoms with Crippen LogP contribution in [-0.4, -0.2) is 29.9 Å². The maximum absolute atomic E-state index is 2.38. The van der Waals surface area contributed by atoms with Gasteiger partial charge in [0.05, 0.1) is 0 Å². The Kier molecular flexibility index (Phi) is 3.86. The molecule has 66 valence electrons. The molecule has 2 heteroatoms. The van der Waals surface area contributed by atoms with E-state index in [1.54, 1.807) is 0 Å². The molecule has 0 N–H and O–H groups in total. The normalized spacial score (nSPS) is 11.6. The first-order valence-corrected chi connectivity index (χ1v) is 8.21. The summed E-state index contributed by atoms with van der Waals surface area (Å²) < 4.78 is 2.10. The Morgan fingerprint density at radius 3 is 2.17 bits per heavy atom. The molecule has 0 aromatic heterocycles. The summed E-state index contributed by atoms with van der Waals surface area (Å²) in [5, 5.41) is 0. The summed E-state index contributed by atoms with van der Waals surface area (Å²) >= 11 is 1.39. The molecule has 0 saturated heterocycles. The van der Waals surface area contributed by atoms with Crippen molar-refractivity contribution < 1.29 is 0 Å². The van der Waals surface area contributed by atoms with Crippen molar-refractivity contribution in [2.75, 3.05) is 0 Å². The predicted molar refractivity (Wildman–Crippen MR) is 57.5 cm³/mol. The summed E-state index contributed by atoms with van der Waals surface area (Å²) in [4.78, 5) is 0. The summed E-state index contributed by atoms with van der Waals surface area (Å²) in [5.74, 6) is 2.33. The molecule has 0 amide bonds. The van der Waals surface area contributed by atoms with Crippen molar-refractivity contribution in [3.63, 3.8) is 0 Å². The molecule has 0 unspecified atom stereocenters. The Hall–Kier alpha value is 0.259. The molecule has 0 fully saturated rings. The van der Waals surface area contributed by atoms with Crippen molar-refractivity contribution in [1.29, 1.82) is 0 Å². The van der Waals surface area contributed by atoms with Gasteiger partial charge in [-0.2, -0.15) is 0 Å². The van der Waals surface area contributed by atoms with E-state index >= 15 is 0 Å². The van der Waals surface area contributed by atoms with Crippen LogP contribution in [-0.2, 0) is 0 Å². The van der Waals surface area contributed by atoms with Crippen molar-refractivity contribution in [3.8, 4) is 0 Å². The van der Waals surface area contributed by atoms with Gasteiger partial charge in [0.15, 0.2) is 0 Å². The van der Waals surface area contributed by atoms with Gasteiger partial charge in [0.2, 0.25) is 0 Å². The molecule has 0 radical (unpaired) electrons. The molecule has 0 saturated carbocycles. The van der Waals surface area contributed by atoms with Gasteiger partial charge in [-0.3, -0.25) is 0 Å². The average Bonchev–Trinajstić information content (AvgIpc) is 2.06. The van der Waals surface area contributed by atoms with Crippen molar-refractivity contribution in [1.82, 2.24) is 0 Å². The van der Waals surface area contributed by atoms with Gasteiger partial charge in [0.25, 0.3) is 0 Å². The van der Waals surface area contributed by atoms with E-state index in [-0.39, 0.29) is 0 Å². The van der Waals surface area contributed by atoms with Crippen LogP contribution in [0, 0.1) is 0 Å². The number of hydrogen-bond donors (Lipinski definition) is 0. The van der Waals surface area contributed by atoms with Crippen LogP contribution < -0.4 is 4.46 Å². The van der Waals surface area contributed by atoms with E-state index in [0.29, 0.717) is 18.2 Å². The van der Waals surface area contributed by atoms with Crippen LogP contribution in [0.1, 0.15) is 13.8 Å². The summed E-state index contributed by atoms with van der Waals surface area (Å²) in [6.45, 7) is 4.75. The number of hydrogen-bond acceptors (Lipinski definition) is 0. The third kappa shape index (κ3) is 3.33. The molecule has 0 nitrogen and oxygen atoms in total. The molecule has 0 aliphatic carbocycles. The van der Waals surface area contributed by atoms with Crippen molar-refractivity contribution in [2.24, 2.45) is 0 Å². The van der Waals surface area contributed by atoms with Crippen LogP contribution in [0.4, 0.5) is 0 Å². The topological polar surface area (TPSA) is 0 Å². The predicted octanol–water partition coefficient (Wildman–Crippen LogP) is 1.92. The van der Waals surface area contributed by atoms with Gasteiger partial charge in [0, 0.05) is 0 Å². The first-order chi connectivity index (χ1) is 5.64. The van der Waals surface area contributed by atoms with E-state index in [9.17, 15) is 0 Å². The summed E-state index contributed by atoms with van der Waals surface area (Å²) in [6, 6.07) is 10.8. The fourth-order valence-corrected chi connectivity index (χ4v) is 4.75. The Morgan fingerprint density at radius 2 is 1.67 bits per heavy atom. The Bertz CT molecular complexity index is 229. The van der Waals surface area contributed by atoms with E-state index in [0.717, 1.165) is 15.0 Å². The molecular weight excluding hydrogens is 278 g/mol. The van der Waals surface area contributed by atoms with Gasteiger partial charge in [-0.15, -0.1) is 0 Å². The van der Waals surface area contributed by atoms with E-state index < -0.39 is 0 Å². The SMILES string of the molecule is C[Se]C(C)(C)[Se]c1ccccc1. The Balaban J connectivity index is 2.64. The van der Waals surface area contributed by atoms with Crippen LogP contribution in [0.25, 0.3) is 0 Å². The first-order valence-electron chi connectivity index (χ1n) is 3.93. The number of benzene rings is 1. The second kappa shape index (κ2) is 4.48. The molecular formula is C10H14Se2. The van der Waals surface area contributed by atoms with E-state index in [2.05, 4.69) is 50.0 Å². The van der Waals surface area contributed by atoms with Gasteiger partial charge < -0.3 is 0 Å². The third-order valence-corrected chi connectivity index (χ3v) is 8.48. The zero-order chi connectivity index (χ0) is 9.03. The van der Waals surface area contributed by atoms with E-state index in [4.69, 9.17) is 0 Å². The molecule has 0 bridgehead atoms. The first kappa shape index (κ1) is 10.3. The van der Waals surface area contributed by atoms with Gasteiger partial charge in [0.1, 0.15) is 0 Å². The van der Waals surface area contributed by atoms with Crippen molar-refractivity contribution in [2.45, 2.75) is 22.9 Å². The van der Waals surface area contributed by atoms with Crippen LogP contribution in [0.3, 0.4) is 0 Å². The molecule has 0 heterocycles. The van der Waals surface area contributed by atoms with Gasteiger partial charge in [-0.05, 0) is 0 Å². The Labute approximate surface area is 87.5 Å². The average molecular weight is 292 g/mol. The van der Waals surface area contributed by atoms with Gasteiger partial charge in [-0.1, -0.05) is 0 Å². The van der Waals surface area contributed by atoms with E-state index in [1.807, 2.05) is 0 Å². The molecule has 1 aromatic rings. The molecule has 0 spiro atoms. The van der Waals surface area contributed by atoms with Gasteiger partial charge >= 0.3 is 87.6 Å². The molecule has 0 aliphatic heterocycles. The fourth-order valence-electron chi connectivity index (χ4n) is 0.814. The van der Waals surface area contributed by atoms with E-state index in [1.165, 1.54) is 4.46 Å². The summed E-state index contributed by atoms with van der Waals surface area (Å²) in [6.07, 6.45) is 0. The molecule has 1 aromatic carbocycles. The molecule has 0 atom stereocenters. The van der Waals surface area contributed by atoms with Crippen molar-refractivity contribution >= 4 is 34.4 Å². The van der Waals surface area contributed by atoms with Crippen LogP contribution in [0.2, 0.25) is 9.03 Å². The maximum atomic E-state index is 2.38. The van der Waals surface area contributed by atoms with Crippen LogP contribution in [0.15, 0.2) is 30.3 Å². The number of rotatable bonds is 3. The van der Waals surface area contributed by atoms with Crippen LogP contribution in [0.5, 0.6) is 0 Å². The second-order valence-corrected chi connectivity index (χ2v) is 10.9.